The molecular weight excluding hydrogens is 585 g/mol. The molecule has 5 nitrogen and oxygen atoms in total. The van der Waals surface area contributed by atoms with Gasteiger partial charge in [0.1, 0.15) is 6.61 Å². The number of halogens is 4. The Morgan fingerprint density at radius 1 is 1.03 bits per heavy atom. The highest BCUT2D eigenvalue weighted by Crippen LogP contribution is 2.40. The summed E-state index contributed by atoms with van der Waals surface area (Å²) >= 11 is 22.4. The van der Waals surface area contributed by atoms with Crippen molar-refractivity contribution in [3.63, 3.8) is 0 Å². The number of carbonyl (C=O) groups is 2. The molecule has 3 aromatic rings. The van der Waals surface area contributed by atoms with E-state index < -0.39 is 11.1 Å². The molecule has 0 radical (unpaired) electrons. The van der Waals surface area contributed by atoms with Crippen molar-refractivity contribution >= 4 is 85.4 Å². The van der Waals surface area contributed by atoms with E-state index in [4.69, 9.17) is 44.3 Å². The molecule has 0 saturated carbocycles. The van der Waals surface area contributed by atoms with E-state index >= 15 is 0 Å². The molecule has 0 spiro atoms. The van der Waals surface area contributed by atoms with Crippen molar-refractivity contribution in [2.45, 2.75) is 6.61 Å². The SMILES string of the molecule is COc1cc(/C=C2/SC(=O)N(c3cccc(Cl)c3)C2=O)cc(Br)c1OCc1ccc(Cl)c(Cl)c1. The first-order chi connectivity index (χ1) is 16.3. The lowest BCUT2D eigenvalue weighted by Gasteiger charge is -2.14. The van der Waals surface area contributed by atoms with Crippen LogP contribution in [0.25, 0.3) is 6.08 Å². The maximum Gasteiger partial charge on any atom is 0.298 e. The smallest absolute Gasteiger partial charge is 0.298 e. The van der Waals surface area contributed by atoms with Gasteiger partial charge in [-0.25, -0.2) is 4.90 Å². The zero-order chi connectivity index (χ0) is 24.4. The summed E-state index contributed by atoms with van der Waals surface area (Å²) in [5.74, 6) is 0.514. The largest absolute Gasteiger partial charge is 0.493 e. The molecule has 10 heteroatoms. The fourth-order valence-electron chi connectivity index (χ4n) is 3.21. The van der Waals surface area contributed by atoms with Crippen LogP contribution in [-0.4, -0.2) is 18.3 Å². The predicted molar refractivity (Wildman–Crippen MR) is 141 cm³/mol. The topological polar surface area (TPSA) is 55.8 Å². The van der Waals surface area contributed by atoms with Crippen LogP contribution in [0.3, 0.4) is 0 Å². The zero-order valence-electron chi connectivity index (χ0n) is 17.5. The van der Waals surface area contributed by atoms with Crippen LogP contribution in [0.4, 0.5) is 10.5 Å². The Morgan fingerprint density at radius 3 is 2.53 bits per heavy atom. The van der Waals surface area contributed by atoms with Gasteiger partial charge >= 0.3 is 0 Å². The van der Waals surface area contributed by atoms with Crippen molar-refractivity contribution in [1.29, 1.82) is 0 Å². The zero-order valence-corrected chi connectivity index (χ0v) is 22.2. The summed E-state index contributed by atoms with van der Waals surface area (Å²) in [6, 6.07) is 15.3. The number of anilines is 1. The minimum absolute atomic E-state index is 0.240. The molecule has 34 heavy (non-hydrogen) atoms. The first-order valence-corrected chi connectivity index (χ1v) is 12.5. The van der Waals surface area contributed by atoms with Crippen molar-refractivity contribution in [3.8, 4) is 11.5 Å². The maximum atomic E-state index is 12.9. The fraction of sp³-hybridized carbons (Fsp3) is 0.0833. The molecule has 2 amide bonds. The van der Waals surface area contributed by atoms with Gasteiger partial charge in [-0.2, -0.15) is 0 Å². The van der Waals surface area contributed by atoms with Crippen LogP contribution in [0.1, 0.15) is 11.1 Å². The second kappa shape index (κ2) is 10.6. The van der Waals surface area contributed by atoms with Crippen LogP contribution >= 0.6 is 62.5 Å². The number of ether oxygens (including phenoxy) is 2. The third-order valence-corrected chi connectivity index (χ3v) is 7.21. The summed E-state index contributed by atoms with van der Waals surface area (Å²) in [4.78, 5) is 26.8. The highest BCUT2D eigenvalue weighted by Gasteiger charge is 2.36. The molecule has 4 rings (SSSR count). The van der Waals surface area contributed by atoms with E-state index in [0.717, 1.165) is 22.2 Å². The first-order valence-electron chi connectivity index (χ1n) is 9.74. The number of hydrogen-bond acceptors (Lipinski definition) is 5. The van der Waals surface area contributed by atoms with Crippen LogP contribution in [0.5, 0.6) is 11.5 Å². The highest BCUT2D eigenvalue weighted by molar-refractivity contribution is 9.10. The number of thioether (sulfide) groups is 1. The molecule has 0 atom stereocenters. The Hall–Kier alpha value is -2.16. The van der Waals surface area contributed by atoms with Gasteiger partial charge in [0.15, 0.2) is 11.5 Å². The highest BCUT2D eigenvalue weighted by atomic mass is 79.9. The number of rotatable bonds is 6. The molecule has 0 aromatic heterocycles. The first kappa shape index (κ1) is 24.9. The number of nitrogens with zero attached hydrogens (tertiary/aromatic N) is 1. The Labute approximate surface area is 223 Å². The van der Waals surface area contributed by atoms with Gasteiger partial charge in [-0.05, 0) is 87.4 Å². The van der Waals surface area contributed by atoms with Crippen LogP contribution in [0, 0.1) is 0 Å². The van der Waals surface area contributed by atoms with E-state index in [9.17, 15) is 9.59 Å². The quantitative estimate of drug-likeness (QED) is 0.267. The van der Waals surface area contributed by atoms with Crippen molar-refractivity contribution in [2.24, 2.45) is 0 Å². The lowest BCUT2D eigenvalue weighted by atomic mass is 10.1. The van der Waals surface area contributed by atoms with E-state index in [0.29, 0.717) is 42.3 Å². The Kier molecular flexibility index (Phi) is 7.80. The molecule has 0 unspecified atom stereocenters. The molecule has 1 saturated heterocycles. The van der Waals surface area contributed by atoms with Crippen LogP contribution in [-0.2, 0) is 11.4 Å². The Bertz CT molecular complexity index is 1330. The average molecular weight is 600 g/mol. The van der Waals surface area contributed by atoms with E-state index in [-0.39, 0.29) is 11.5 Å². The van der Waals surface area contributed by atoms with Crippen LogP contribution < -0.4 is 14.4 Å². The Balaban J connectivity index is 1.58. The predicted octanol–water partition coefficient (Wildman–Crippen LogP) is 8.24. The minimum Gasteiger partial charge on any atom is -0.493 e. The van der Waals surface area contributed by atoms with E-state index in [2.05, 4.69) is 15.9 Å². The minimum atomic E-state index is -0.424. The summed E-state index contributed by atoms with van der Waals surface area (Å²) in [6.07, 6.45) is 1.63. The number of methoxy groups -OCH3 is 1. The lowest BCUT2D eigenvalue weighted by molar-refractivity contribution is -0.113. The number of hydrogen-bond donors (Lipinski definition) is 0. The molecule has 174 valence electrons. The van der Waals surface area contributed by atoms with Gasteiger partial charge in [0.05, 0.1) is 32.2 Å². The summed E-state index contributed by atoms with van der Waals surface area (Å²) in [6.45, 7) is 0.240. The van der Waals surface area contributed by atoms with Crippen molar-refractivity contribution in [1.82, 2.24) is 0 Å². The third kappa shape index (κ3) is 5.39. The van der Waals surface area contributed by atoms with Crippen molar-refractivity contribution < 1.29 is 19.1 Å². The maximum absolute atomic E-state index is 12.9. The number of benzene rings is 3. The van der Waals surface area contributed by atoms with Crippen molar-refractivity contribution in [3.05, 3.63) is 90.2 Å². The van der Waals surface area contributed by atoms with Gasteiger partial charge in [-0.3, -0.25) is 9.59 Å². The van der Waals surface area contributed by atoms with Crippen LogP contribution in [0.15, 0.2) is 64.0 Å². The van der Waals surface area contributed by atoms with E-state index in [1.165, 1.54) is 7.11 Å². The lowest BCUT2D eigenvalue weighted by Crippen LogP contribution is -2.27. The van der Waals surface area contributed by atoms with Gasteiger partial charge < -0.3 is 9.47 Å². The van der Waals surface area contributed by atoms with Crippen LogP contribution in [0.2, 0.25) is 15.1 Å². The van der Waals surface area contributed by atoms with Gasteiger partial charge in [0.25, 0.3) is 11.1 Å². The summed E-state index contributed by atoms with van der Waals surface area (Å²) < 4.78 is 12.1. The molecule has 1 fully saturated rings. The average Bonchev–Trinajstić information content (AvgIpc) is 3.07. The molecule has 3 aromatic carbocycles. The van der Waals surface area contributed by atoms with Gasteiger partial charge in [-0.15, -0.1) is 0 Å². The third-order valence-electron chi connectivity index (χ3n) is 4.78. The monoisotopic (exact) mass is 597 g/mol. The molecule has 1 heterocycles. The van der Waals surface area contributed by atoms with Crippen molar-refractivity contribution in [2.75, 3.05) is 12.0 Å². The van der Waals surface area contributed by atoms with Gasteiger partial charge in [0, 0.05) is 5.02 Å². The fourth-order valence-corrected chi connectivity index (χ4v) is 5.13. The number of carbonyl (C=O) groups excluding carboxylic acids is 2. The molecule has 0 aliphatic carbocycles. The number of imide groups is 1. The molecular formula is C24H15BrCl3NO4S. The van der Waals surface area contributed by atoms with Gasteiger partial charge in [0.2, 0.25) is 0 Å². The molecule has 0 bridgehead atoms. The number of amides is 2. The standard InChI is InChI=1S/C24H15BrCl3NO4S/c1-32-20-9-14(7-17(25)22(20)33-12-13-5-6-18(27)19(28)8-13)10-21-23(30)29(24(31)34-21)16-4-2-3-15(26)11-16/h2-11H,12H2,1H3/b21-10+. The molecule has 0 N–H and O–H groups in total. The van der Waals surface area contributed by atoms with E-state index in [1.54, 1.807) is 54.6 Å². The van der Waals surface area contributed by atoms with E-state index in [1.807, 2.05) is 6.07 Å². The second-order valence-corrected chi connectivity index (χ2v) is 10.2. The summed E-state index contributed by atoms with van der Waals surface area (Å²) in [5.41, 5.74) is 1.91. The summed E-state index contributed by atoms with van der Waals surface area (Å²) in [7, 11) is 1.52. The Morgan fingerprint density at radius 2 is 1.82 bits per heavy atom. The second-order valence-electron chi connectivity index (χ2n) is 7.07. The van der Waals surface area contributed by atoms with Gasteiger partial charge in [-0.1, -0.05) is 46.9 Å². The summed E-state index contributed by atoms with van der Waals surface area (Å²) in [5, 5.41) is 0.945. The molecule has 1 aliphatic heterocycles. The molecule has 1 aliphatic rings. The normalized spacial score (nSPS) is 14.7.